The summed E-state index contributed by atoms with van der Waals surface area (Å²) in [5.41, 5.74) is 0. The summed E-state index contributed by atoms with van der Waals surface area (Å²) in [4.78, 5) is 0. The summed E-state index contributed by atoms with van der Waals surface area (Å²) in [6, 6.07) is 0. The van der Waals surface area contributed by atoms with Crippen molar-refractivity contribution < 1.29 is 36.4 Å². The fourth-order valence-corrected chi connectivity index (χ4v) is 0.399. The molecule has 0 aliphatic heterocycles. The summed E-state index contributed by atoms with van der Waals surface area (Å²) in [5, 5.41) is 0. The second-order valence-electron chi connectivity index (χ2n) is 3.12. The van der Waals surface area contributed by atoms with Crippen molar-refractivity contribution >= 4 is 7.32 Å². The summed E-state index contributed by atoms with van der Waals surface area (Å²) in [6.07, 6.45) is -4.79. The lowest BCUT2D eigenvalue weighted by atomic mass is 10.2. The molecule has 0 atom stereocenters. The maximum atomic E-state index is 11.7. The van der Waals surface area contributed by atoms with E-state index in [1.54, 1.807) is 0 Å². The number of halogens is 4. The van der Waals surface area contributed by atoms with Crippen molar-refractivity contribution in [2.45, 2.75) is 20.1 Å². The van der Waals surface area contributed by atoms with Crippen molar-refractivity contribution in [2.75, 3.05) is 27.3 Å². The molecule has 0 aliphatic rings. The molecule has 17 heavy (non-hydrogen) atoms. The molecular weight excluding hydrogens is 247 g/mol. The normalized spacial score (nSPS) is 11.8. The van der Waals surface area contributed by atoms with E-state index in [9.17, 15) is 17.7 Å². The highest BCUT2D eigenvalue weighted by molar-refractivity contribution is 6.36. The van der Waals surface area contributed by atoms with Gasteiger partial charge in [0.25, 0.3) is 0 Å². The molecule has 0 aromatic heterocycles. The Morgan fingerprint density at radius 3 is 1.53 bits per heavy atom. The Bertz CT molecular complexity index is 171. The first-order valence-corrected chi connectivity index (χ1v) is 4.79. The van der Waals surface area contributed by atoms with Gasteiger partial charge in [-0.3, -0.25) is 0 Å². The van der Waals surface area contributed by atoms with Crippen LogP contribution >= 0.6 is 0 Å². The Labute approximate surface area is 98.1 Å². The number of rotatable bonds is 5. The second kappa shape index (κ2) is 8.64. The SMILES string of the molecule is CCOB(ON)OCC.C[N+](C)(F)C(F)(F)F. The molecule has 0 amide bonds. The molecule has 0 bridgehead atoms. The molecule has 0 rings (SSSR count). The van der Waals surface area contributed by atoms with E-state index < -0.39 is 18.3 Å². The molecule has 0 saturated heterocycles. The van der Waals surface area contributed by atoms with Crippen molar-refractivity contribution in [2.24, 2.45) is 5.90 Å². The number of alkyl halides is 3. The summed E-state index contributed by atoms with van der Waals surface area (Å²) < 4.78 is 56.7. The molecule has 10 heteroatoms. The van der Waals surface area contributed by atoms with Crippen LogP contribution in [0.4, 0.5) is 17.7 Å². The molecule has 0 fully saturated rings. The first-order chi connectivity index (χ1) is 7.60. The van der Waals surface area contributed by atoms with E-state index >= 15 is 0 Å². The average Bonchev–Trinajstić information content (AvgIpc) is 2.15. The first-order valence-electron chi connectivity index (χ1n) is 4.79. The minimum Gasteiger partial charge on any atom is -0.385 e. The number of hydrogen-bond donors (Lipinski definition) is 1. The van der Waals surface area contributed by atoms with Gasteiger partial charge in [-0.05, 0) is 18.6 Å². The van der Waals surface area contributed by atoms with Crippen molar-refractivity contribution in [3.63, 3.8) is 0 Å². The zero-order valence-corrected chi connectivity index (χ0v) is 10.3. The molecule has 0 radical (unpaired) electrons. The molecule has 0 aromatic carbocycles. The van der Waals surface area contributed by atoms with Crippen molar-refractivity contribution in [3.05, 3.63) is 0 Å². The van der Waals surface area contributed by atoms with Crippen LogP contribution in [0.1, 0.15) is 13.8 Å². The van der Waals surface area contributed by atoms with Gasteiger partial charge in [0.2, 0.25) is 0 Å². The molecule has 0 spiro atoms. The van der Waals surface area contributed by atoms with Crippen LogP contribution in [-0.4, -0.2) is 45.6 Å². The summed E-state index contributed by atoms with van der Waals surface area (Å²) >= 11 is 0. The average molecular weight is 265 g/mol. The fraction of sp³-hybridized carbons (Fsp3) is 1.00. The van der Waals surface area contributed by atoms with Crippen molar-refractivity contribution in [1.29, 1.82) is 0 Å². The molecular formula is C7H18BF4N2O3+. The van der Waals surface area contributed by atoms with Crippen LogP contribution in [0.25, 0.3) is 0 Å². The van der Waals surface area contributed by atoms with E-state index in [2.05, 4.69) is 4.76 Å². The third kappa shape index (κ3) is 10.5. The quantitative estimate of drug-likeness (QED) is 0.268. The highest BCUT2D eigenvalue weighted by atomic mass is 19.4. The van der Waals surface area contributed by atoms with Gasteiger partial charge >= 0.3 is 13.6 Å². The zero-order chi connectivity index (χ0) is 14.1. The predicted molar refractivity (Wildman–Crippen MR) is 53.5 cm³/mol. The van der Waals surface area contributed by atoms with Crippen LogP contribution in [0.5, 0.6) is 0 Å². The number of hydrogen-bond acceptors (Lipinski definition) is 4. The van der Waals surface area contributed by atoms with E-state index in [1.807, 2.05) is 13.8 Å². The standard InChI is InChI=1S/C4H12BNO3.C3H6F4N/c1-3-7-5(9-6)8-4-2;1-8(2,7)3(4,5)6/h3-4,6H2,1-2H3;1-2H3/q;+1. The van der Waals surface area contributed by atoms with Gasteiger partial charge in [-0.1, -0.05) is 0 Å². The topological polar surface area (TPSA) is 53.7 Å². The minimum atomic E-state index is -4.79. The van der Waals surface area contributed by atoms with Crippen molar-refractivity contribution in [1.82, 2.24) is 0 Å². The minimum absolute atomic E-state index is 0.417. The molecule has 2 N–H and O–H groups in total. The fourth-order valence-electron chi connectivity index (χ4n) is 0.399. The zero-order valence-electron chi connectivity index (χ0n) is 10.3. The summed E-state index contributed by atoms with van der Waals surface area (Å²) in [5.74, 6) is 4.79. The molecule has 0 saturated carbocycles. The maximum absolute atomic E-state index is 11.7. The van der Waals surface area contributed by atoms with Gasteiger partial charge in [0.1, 0.15) is 14.1 Å². The predicted octanol–water partition coefficient (Wildman–Crippen LogP) is 1.40. The van der Waals surface area contributed by atoms with Crippen LogP contribution in [0.3, 0.4) is 0 Å². The molecule has 5 nitrogen and oxygen atoms in total. The van der Waals surface area contributed by atoms with E-state index in [0.717, 1.165) is 0 Å². The van der Waals surface area contributed by atoms with Gasteiger partial charge < -0.3 is 14.1 Å². The van der Waals surface area contributed by atoms with Crippen molar-refractivity contribution in [3.8, 4) is 0 Å². The lowest BCUT2D eigenvalue weighted by Crippen LogP contribution is -2.43. The molecule has 0 aromatic rings. The van der Waals surface area contributed by atoms with Crippen LogP contribution in [0.2, 0.25) is 0 Å². The number of nitrogens with two attached hydrogens (primary N) is 1. The highest BCUT2D eigenvalue weighted by Gasteiger charge is 2.51. The van der Waals surface area contributed by atoms with E-state index in [0.29, 0.717) is 27.3 Å². The van der Waals surface area contributed by atoms with Gasteiger partial charge in [-0.25, -0.2) is 5.90 Å². The lowest BCUT2D eigenvalue weighted by Gasteiger charge is -2.16. The van der Waals surface area contributed by atoms with E-state index in [1.165, 1.54) is 0 Å². The Balaban J connectivity index is 0. The Morgan fingerprint density at radius 1 is 1.12 bits per heavy atom. The van der Waals surface area contributed by atoms with Crippen LogP contribution in [-0.2, 0) is 14.1 Å². The van der Waals surface area contributed by atoms with Crippen LogP contribution in [0.15, 0.2) is 0 Å². The van der Waals surface area contributed by atoms with Crippen LogP contribution in [0, 0.1) is 0 Å². The number of quaternary nitrogens is 1. The first kappa shape index (κ1) is 18.9. The Hall–Kier alpha value is -0.415. The van der Waals surface area contributed by atoms with Gasteiger partial charge in [-0.2, -0.15) is 0 Å². The molecule has 0 aliphatic carbocycles. The van der Waals surface area contributed by atoms with E-state index in [-0.39, 0.29) is 0 Å². The van der Waals surface area contributed by atoms with Gasteiger partial charge in [0, 0.05) is 17.7 Å². The lowest BCUT2D eigenvalue weighted by molar-refractivity contribution is -1.11. The smallest absolute Gasteiger partial charge is 0.385 e. The Morgan fingerprint density at radius 2 is 1.41 bits per heavy atom. The molecule has 0 heterocycles. The molecule has 104 valence electrons. The van der Waals surface area contributed by atoms with Gasteiger partial charge in [0.15, 0.2) is 0 Å². The maximum Gasteiger partial charge on any atom is 0.656 e. The second-order valence-corrected chi connectivity index (χ2v) is 3.12. The molecule has 0 unspecified atom stereocenters. The highest BCUT2D eigenvalue weighted by Crippen LogP contribution is 2.25. The van der Waals surface area contributed by atoms with Gasteiger partial charge in [0.05, 0.1) is 0 Å². The van der Waals surface area contributed by atoms with E-state index in [4.69, 9.17) is 15.2 Å². The Kier molecular flexibility index (Phi) is 9.63. The largest absolute Gasteiger partial charge is 0.656 e. The third-order valence-corrected chi connectivity index (χ3v) is 1.32. The van der Waals surface area contributed by atoms with Crippen LogP contribution < -0.4 is 5.90 Å². The number of nitrogens with zero attached hydrogens (tertiary/aromatic N) is 1. The summed E-state index contributed by atoms with van der Waals surface area (Å²) in [7, 11) is 0.125. The third-order valence-electron chi connectivity index (χ3n) is 1.32. The van der Waals surface area contributed by atoms with Gasteiger partial charge in [-0.15, -0.1) is 13.2 Å². The monoisotopic (exact) mass is 265 g/mol. The summed E-state index contributed by atoms with van der Waals surface area (Å²) in [6.45, 7) is 4.74.